The smallest absolute Gasteiger partial charge is 0.185 e. The van der Waals surface area contributed by atoms with Gasteiger partial charge in [0.05, 0.1) is 12.2 Å². The van der Waals surface area contributed by atoms with Gasteiger partial charge in [-0.15, -0.1) is 0 Å². The zero-order valence-electron chi connectivity index (χ0n) is 11.5. The van der Waals surface area contributed by atoms with E-state index in [1.807, 2.05) is 0 Å². The number of aliphatic hydroxyl groups is 6. The molecular formula is C14H18O8. The Hall–Kier alpha value is -1.42. The normalized spacial score (nSPS) is 40.6. The van der Waals surface area contributed by atoms with Gasteiger partial charge in [-0.2, -0.15) is 0 Å². The summed E-state index contributed by atoms with van der Waals surface area (Å²) in [5, 5.41) is 59.6. The molecule has 6 N–H and O–H groups in total. The van der Waals surface area contributed by atoms with Crippen LogP contribution in [0.4, 0.5) is 0 Å². The predicted octanol–water partition coefficient (Wildman–Crippen LogP) is -3.05. The zero-order chi connectivity index (χ0) is 16.6. The van der Waals surface area contributed by atoms with Crippen LogP contribution in [-0.4, -0.2) is 78.8 Å². The lowest BCUT2D eigenvalue weighted by molar-refractivity contribution is -0.121. The Morgan fingerprint density at radius 3 is 1.32 bits per heavy atom. The zero-order valence-corrected chi connectivity index (χ0v) is 11.5. The number of hydrogen-bond donors (Lipinski definition) is 6. The summed E-state index contributed by atoms with van der Waals surface area (Å²) in [6, 6.07) is 0. The molecule has 0 fully saturated rings. The molecule has 8 heteroatoms. The van der Waals surface area contributed by atoms with E-state index in [1.54, 1.807) is 0 Å². The van der Waals surface area contributed by atoms with Crippen LogP contribution < -0.4 is 0 Å². The van der Waals surface area contributed by atoms with Crippen molar-refractivity contribution in [2.75, 3.05) is 0 Å². The molecule has 0 aromatic carbocycles. The van der Waals surface area contributed by atoms with Crippen LogP contribution in [0, 0.1) is 0 Å². The van der Waals surface area contributed by atoms with Gasteiger partial charge >= 0.3 is 0 Å². The number of carbonyl (C=O) groups excluding carboxylic acids is 2. The molecule has 0 saturated heterocycles. The Morgan fingerprint density at radius 2 is 1.00 bits per heavy atom. The van der Waals surface area contributed by atoms with Gasteiger partial charge in [-0.3, -0.25) is 9.59 Å². The second-order valence-corrected chi connectivity index (χ2v) is 5.47. The van der Waals surface area contributed by atoms with Gasteiger partial charge in [0, 0.05) is 11.1 Å². The average molecular weight is 314 g/mol. The van der Waals surface area contributed by atoms with Crippen LogP contribution in [-0.2, 0) is 9.59 Å². The Morgan fingerprint density at radius 1 is 0.682 bits per heavy atom. The molecule has 122 valence electrons. The van der Waals surface area contributed by atoms with Gasteiger partial charge in [-0.25, -0.2) is 0 Å². The molecule has 0 bridgehead atoms. The first-order valence-electron chi connectivity index (χ1n) is 6.85. The number of aliphatic hydroxyl groups excluding tert-OH is 6. The summed E-state index contributed by atoms with van der Waals surface area (Å²) in [7, 11) is 0. The van der Waals surface area contributed by atoms with Crippen LogP contribution in [0.25, 0.3) is 0 Å². The van der Waals surface area contributed by atoms with Gasteiger partial charge in [0.2, 0.25) is 0 Å². The molecule has 0 heterocycles. The molecule has 2 aliphatic rings. The molecule has 2 aliphatic carbocycles. The van der Waals surface area contributed by atoms with Crippen LogP contribution in [0.15, 0.2) is 23.3 Å². The van der Waals surface area contributed by atoms with Crippen molar-refractivity contribution in [1.82, 2.24) is 0 Å². The monoisotopic (exact) mass is 314 g/mol. The van der Waals surface area contributed by atoms with E-state index < -0.39 is 59.3 Å². The molecular weight excluding hydrogens is 296 g/mol. The largest absolute Gasteiger partial charge is 0.390 e. The molecule has 0 radical (unpaired) electrons. The molecule has 2 rings (SSSR count). The summed E-state index contributed by atoms with van der Waals surface area (Å²) in [6.45, 7) is 0. The molecule has 0 amide bonds. The molecule has 0 unspecified atom stereocenters. The maximum atomic E-state index is 11.9. The maximum Gasteiger partial charge on any atom is 0.185 e. The highest BCUT2D eigenvalue weighted by atomic mass is 16.4. The Labute approximate surface area is 125 Å². The highest BCUT2D eigenvalue weighted by molar-refractivity contribution is 6.21. The van der Waals surface area contributed by atoms with E-state index in [9.17, 15) is 40.2 Å². The van der Waals surface area contributed by atoms with Gasteiger partial charge in [0.1, 0.15) is 24.4 Å². The standard InChI is InChI=1S/C14H18O8/c15-5-1-2-6(16)10-9(5)13(21)11(19)7(17)3-4-8(18)12(20)14(10)22/h1-2,7-8,11-14,17-22H,3-4H2/t7-,8+,11-,12+,13+,14-. The van der Waals surface area contributed by atoms with Crippen LogP contribution in [0.1, 0.15) is 12.8 Å². The summed E-state index contributed by atoms with van der Waals surface area (Å²) in [5.41, 5.74) is -1.17. The number of allylic oxidation sites excluding steroid dienone is 2. The van der Waals surface area contributed by atoms with Crippen molar-refractivity contribution in [3.8, 4) is 0 Å². The SMILES string of the molecule is O=C1C=CC(=O)C2=C1[C@@H](O)[C@@H](O)[C@@H](O)CC[C@@H](O)[C@@H](O)[C@H]2O. The molecule has 0 aliphatic heterocycles. The van der Waals surface area contributed by atoms with Gasteiger partial charge in [-0.1, -0.05) is 0 Å². The molecule has 0 saturated carbocycles. The van der Waals surface area contributed by atoms with Crippen LogP contribution in [0.5, 0.6) is 0 Å². The van der Waals surface area contributed by atoms with E-state index >= 15 is 0 Å². The minimum atomic E-state index is -1.90. The van der Waals surface area contributed by atoms with Crippen LogP contribution in [0.3, 0.4) is 0 Å². The lowest BCUT2D eigenvalue weighted by Crippen LogP contribution is -2.48. The van der Waals surface area contributed by atoms with Crippen molar-refractivity contribution in [1.29, 1.82) is 0 Å². The Kier molecular flexibility index (Phi) is 4.90. The highest BCUT2D eigenvalue weighted by Gasteiger charge is 2.41. The third-order valence-electron chi connectivity index (χ3n) is 3.99. The molecule has 6 atom stereocenters. The minimum Gasteiger partial charge on any atom is -0.390 e. The number of rotatable bonds is 0. The van der Waals surface area contributed by atoms with E-state index in [4.69, 9.17) is 0 Å². The lowest BCUT2D eigenvalue weighted by Gasteiger charge is -2.32. The summed E-state index contributed by atoms with van der Waals surface area (Å²) in [5.74, 6) is -1.65. The van der Waals surface area contributed by atoms with E-state index in [-0.39, 0.29) is 12.8 Å². The highest BCUT2D eigenvalue weighted by Crippen LogP contribution is 2.28. The van der Waals surface area contributed by atoms with Gasteiger partial charge in [0.25, 0.3) is 0 Å². The second-order valence-electron chi connectivity index (χ2n) is 5.47. The fourth-order valence-electron chi connectivity index (χ4n) is 2.65. The van der Waals surface area contributed by atoms with Crippen molar-refractivity contribution >= 4 is 11.6 Å². The number of carbonyl (C=O) groups is 2. The number of hydrogen-bond acceptors (Lipinski definition) is 8. The third kappa shape index (κ3) is 2.89. The van der Waals surface area contributed by atoms with Crippen molar-refractivity contribution in [2.45, 2.75) is 49.5 Å². The summed E-state index contributed by atoms with van der Waals surface area (Å²) in [4.78, 5) is 23.9. The molecule has 0 aromatic heterocycles. The third-order valence-corrected chi connectivity index (χ3v) is 3.99. The van der Waals surface area contributed by atoms with Crippen LogP contribution >= 0.6 is 0 Å². The maximum absolute atomic E-state index is 11.9. The molecule has 0 aromatic rings. The quantitative estimate of drug-likeness (QED) is 0.258. The topological polar surface area (TPSA) is 156 Å². The first-order chi connectivity index (χ1) is 10.3. The second kappa shape index (κ2) is 6.37. The van der Waals surface area contributed by atoms with E-state index in [0.717, 1.165) is 12.2 Å². The lowest BCUT2D eigenvalue weighted by atomic mass is 9.81. The Balaban J connectivity index is 2.58. The van der Waals surface area contributed by atoms with Crippen molar-refractivity contribution in [3.05, 3.63) is 23.3 Å². The van der Waals surface area contributed by atoms with Crippen molar-refractivity contribution < 1.29 is 40.2 Å². The molecule has 0 spiro atoms. The minimum absolute atomic E-state index is 0.177. The summed E-state index contributed by atoms with van der Waals surface area (Å²) in [6.07, 6.45) is -8.93. The first-order valence-corrected chi connectivity index (χ1v) is 6.85. The van der Waals surface area contributed by atoms with E-state index in [0.29, 0.717) is 0 Å². The Bertz CT molecular complexity index is 491. The van der Waals surface area contributed by atoms with Gasteiger partial charge < -0.3 is 30.6 Å². The summed E-state index contributed by atoms with van der Waals surface area (Å²) < 4.78 is 0. The first kappa shape index (κ1) is 16.9. The van der Waals surface area contributed by atoms with E-state index in [2.05, 4.69) is 0 Å². The van der Waals surface area contributed by atoms with Crippen molar-refractivity contribution in [2.24, 2.45) is 0 Å². The predicted molar refractivity (Wildman–Crippen MR) is 71.5 cm³/mol. The van der Waals surface area contributed by atoms with E-state index in [1.165, 1.54) is 0 Å². The molecule has 22 heavy (non-hydrogen) atoms. The fraction of sp³-hybridized carbons (Fsp3) is 0.571. The molecule has 8 nitrogen and oxygen atoms in total. The number of ketones is 2. The van der Waals surface area contributed by atoms with Crippen molar-refractivity contribution in [3.63, 3.8) is 0 Å². The fourth-order valence-corrected chi connectivity index (χ4v) is 2.65. The average Bonchev–Trinajstić information content (AvgIpc) is 2.50. The van der Waals surface area contributed by atoms with Gasteiger partial charge in [0.15, 0.2) is 11.6 Å². The van der Waals surface area contributed by atoms with Gasteiger partial charge in [-0.05, 0) is 25.0 Å². The summed E-state index contributed by atoms with van der Waals surface area (Å²) >= 11 is 0. The van der Waals surface area contributed by atoms with Crippen LogP contribution in [0.2, 0.25) is 0 Å².